The first-order valence-corrected chi connectivity index (χ1v) is 12.2. The molecule has 0 spiro atoms. The standard InChI is InChI=1S/C24H26Cl4N2O2/c1-15(24(32)29-19-5-3-2-4-6-19)30(14-16-7-10-20(26)22(28)11-16)23(31)12-17-8-9-18(25)13-21(17)27/h7-11,13,15,19H,2-6,12,14H2,1H3,(H,29,32)/t15-/m0/s1. The van der Waals surface area contributed by atoms with Crippen LogP contribution in [0.25, 0.3) is 0 Å². The van der Waals surface area contributed by atoms with Crippen LogP contribution in [-0.2, 0) is 22.6 Å². The van der Waals surface area contributed by atoms with E-state index in [9.17, 15) is 9.59 Å². The number of nitrogens with zero attached hydrogens (tertiary/aromatic N) is 1. The molecule has 2 aromatic carbocycles. The smallest absolute Gasteiger partial charge is 0.242 e. The molecule has 1 fully saturated rings. The summed E-state index contributed by atoms with van der Waals surface area (Å²) >= 11 is 24.5. The summed E-state index contributed by atoms with van der Waals surface area (Å²) in [6.45, 7) is 1.97. The Morgan fingerprint density at radius 1 is 0.969 bits per heavy atom. The van der Waals surface area contributed by atoms with Gasteiger partial charge in [-0.25, -0.2) is 0 Å². The molecule has 8 heteroatoms. The second kappa shape index (κ2) is 11.6. The third-order valence-corrected chi connectivity index (χ3v) is 7.14. The number of hydrogen-bond acceptors (Lipinski definition) is 2. The second-order valence-electron chi connectivity index (χ2n) is 8.20. The molecule has 32 heavy (non-hydrogen) atoms. The maximum absolute atomic E-state index is 13.3. The zero-order valence-corrected chi connectivity index (χ0v) is 20.9. The van der Waals surface area contributed by atoms with E-state index >= 15 is 0 Å². The van der Waals surface area contributed by atoms with Crippen molar-refractivity contribution in [1.29, 1.82) is 0 Å². The fourth-order valence-electron chi connectivity index (χ4n) is 3.92. The van der Waals surface area contributed by atoms with Gasteiger partial charge in [0.1, 0.15) is 6.04 Å². The molecular weight excluding hydrogens is 490 g/mol. The highest BCUT2D eigenvalue weighted by Gasteiger charge is 2.28. The molecule has 0 aliphatic heterocycles. The molecular formula is C24H26Cl4N2O2. The molecule has 0 aromatic heterocycles. The largest absolute Gasteiger partial charge is 0.352 e. The minimum Gasteiger partial charge on any atom is -0.352 e. The fraction of sp³-hybridized carbons (Fsp3) is 0.417. The quantitative estimate of drug-likeness (QED) is 0.445. The maximum atomic E-state index is 13.3. The van der Waals surface area contributed by atoms with E-state index < -0.39 is 6.04 Å². The van der Waals surface area contributed by atoms with Crippen LogP contribution in [0.5, 0.6) is 0 Å². The van der Waals surface area contributed by atoms with E-state index in [4.69, 9.17) is 46.4 Å². The molecule has 2 aromatic rings. The Bertz CT molecular complexity index is 976. The predicted molar refractivity (Wildman–Crippen MR) is 132 cm³/mol. The Hall–Kier alpha value is -1.46. The molecule has 2 amide bonds. The average Bonchev–Trinajstić information content (AvgIpc) is 2.76. The van der Waals surface area contributed by atoms with Crippen LogP contribution in [0.3, 0.4) is 0 Å². The molecule has 0 bridgehead atoms. The number of hydrogen-bond donors (Lipinski definition) is 1. The van der Waals surface area contributed by atoms with Gasteiger partial charge in [0.2, 0.25) is 11.8 Å². The van der Waals surface area contributed by atoms with E-state index in [1.54, 1.807) is 48.2 Å². The monoisotopic (exact) mass is 514 g/mol. The molecule has 0 saturated heterocycles. The second-order valence-corrected chi connectivity index (χ2v) is 9.86. The summed E-state index contributed by atoms with van der Waals surface area (Å²) in [6.07, 6.45) is 5.42. The van der Waals surface area contributed by atoms with Gasteiger partial charge in [-0.2, -0.15) is 0 Å². The van der Waals surface area contributed by atoms with E-state index in [-0.39, 0.29) is 30.8 Å². The van der Waals surface area contributed by atoms with Gasteiger partial charge in [0, 0.05) is 22.6 Å². The Balaban J connectivity index is 1.80. The number of benzene rings is 2. The summed E-state index contributed by atoms with van der Waals surface area (Å²) in [5.41, 5.74) is 1.44. The lowest BCUT2D eigenvalue weighted by molar-refractivity contribution is -0.140. The molecule has 0 unspecified atom stereocenters. The van der Waals surface area contributed by atoms with Gasteiger partial charge < -0.3 is 10.2 Å². The average molecular weight is 516 g/mol. The van der Waals surface area contributed by atoms with Gasteiger partial charge in [-0.05, 0) is 55.2 Å². The molecule has 1 saturated carbocycles. The lowest BCUT2D eigenvalue weighted by atomic mass is 9.95. The minimum atomic E-state index is -0.662. The number of carbonyl (C=O) groups is 2. The van der Waals surface area contributed by atoms with Gasteiger partial charge in [0.15, 0.2) is 0 Å². The SMILES string of the molecule is C[C@@H](C(=O)NC1CCCCC1)N(Cc1ccc(Cl)c(Cl)c1)C(=O)Cc1ccc(Cl)cc1Cl. The molecule has 0 radical (unpaired) electrons. The van der Waals surface area contributed by atoms with E-state index in [2.05, 4.69) is 5.32 Å². The molecule has 1 aliphatic rings. The van der Waals surface area contributed by atoms with Crippen LogP contribution in [0.1, 0.15) is 50.2 Å². The van der Waals surface area contributed by atoms with Crippen LogP contribution in [0.2, 0.25) is 20.1 Å². The zero-order chi connectivity index (χ0) is 23.3. The van der Waals surface area contributed by atoms with Crippen LogP contribution in [0.15, 0.2) is 36.4 Å². The van der Waals surface area contributed by atoms with Crippen molar-refractivity contribution in [1.82, 2.24) is 10.2 Å². The first-order valence-electron chi connectivity index (χ1n) is 10.7. The van der Waals surface area contributed by atoms with Crippen LogP contribution in [0, 0.1) is 0 Å². The minimum absolute atomic E-state index is 0.0539. The van der Waals surface area contributed by atoms with Crippen molar-refractivity contribution in [3.05, 3.63) is 67.6 Å². The number of rotatable bonds is 7. The van der Waals surface area contributed by atoms with Gasteiger partial charge in [0.05, 0.1) is 16.5 Å². The van der Waals surface area contributed by atoms with Crippen molar-refractivity contribution in [3.63, 3.8) is 0 Å². The molecule has 172 valence electrons. The molecule has 1 aliphatic carbocycles. The summed E-state index contributed by atoms with van der Waals surface area (Å²) in [5.74, 6) is -0.376. The van der Waals surface area contributed by atoms with Gasteiger partial charge in [0.25, 0.3) is 0 Å². The van der Waals surface area contributed by atoms with Crippen molar-refractivity contribution >= 4 is 58.2 Å². The molecule has 1 atom stereocenters. The summed E-state index contributed by atoms with van der Waals surface area (Å²) in [7, 11) is 0. The van der Waals surface area contributed by atoms with Crippen molar-refractivity contribution in [3.8, 4) is 0 Å². The topological polar surface area (TPSA) is 49.4 Å². The predicted octanol–water partition coefficient (Wildman–Crippen LogP) is 6.71. The van der Waals surface area contributed by atoms with Gasteiger partial charge >= 0.3 is 0 Å². The van der Waals surface area contributed by atoms with Crippen LogP contribution in [-0.4, -0.2) is 28.8 Å². The molecule has 4 nitrogen and oxygen atoms in total. The lowest BCUT2D eigenvalue weighted by Gasteiger charge is -2.31. The third-order valence-electron chi connectivity index (χ3n) is 5.81. The summed E-state index contributed by atoms with van der Waals surface area (Å²) in [6, 6.07) is 9.72. The third kappa shape index (κ3) is 6.77. The first-order chi connectivity index (χ1) is 15.2. The van der Waals surface area contributed by atoms with Gasteiger partial charge in [-0.3, -0.25) is 9.59 Å². The highest BCUT2D eigenvalue weighted by molar-refractivity contribution is 6.42. The fourth-order valence-corrected chi connectivity index (χ4v) is 4.71. The van der Waals surface area contributed by atoms with Crippen LogP contribution < -0.4 is 5.32 Å². The van der Waals surface area contributed by atoms with Crippen molar-refractivity contribution < 1.29 is 9.59 Å². The Morgan fingerprint density at radius 3 is 2.34 bits per heavy atom. The maximum Gasteiger partial charge on any atom is 0.242 e. The number of amides is 2. The van der Waals surface area contributed by atoms with E-state index in [1.165, 1.54) is 6.42 Å². The van der Waals surface area contributed by atoms with Crippen molar-refractivity contribution in [2.24, 2.45) is 0 Å². The number of nitrogens with one attached hydrogen (secondary N) is 1. The molecule has 3 rings (SSSR count). The van der Waals surface area contributed by atoms with Gasteiger partial charge in [-0.1, -0.05) is 77.8 Å². The van der Waals surface area contributed by atoms with E-state index in [1.807, 2.05) is 0 Å². The normalized spacial score (nSPS) is 15.3. The summed E-state index contributed by atoms with van der Waals surface area (Å²) in [4.78, 5) is 27.9. The Kier molecular flexibility index (Phi) is 9.13. The van der Waals surface area contributed by atoms with E-state index in [0.717, 1.165) is 31.2 Å². The summed E-state index contributed by atoms with van der Waals surface area (Å²) in [5, 5.41) is 4.87. The number of carbonyl (C=O) groups excluding carboxylic acids is 2. The number of halogens is 4. The molecule has 1 N–H and O–H groups in total. The lowest BCUT2D eigenvalue weighted by Crippen LogP contribution is -2.50. The molecule has 0 heterocycles. The van der Waals surface area contributed by atoms with Gasteiger partial charge in [-0.15, -0.1) is 0 Å². The van der Waals surface area contributed by atoms with E-state index in [0.29, 0.717) is 25.7 Å². The Labute approximate surface area is 209 Å². The van der Waals surface area contributed by atoms with Crippen LogP contribution in [0.4, 0.5) is 0 Å². The highest BCUT2D eigenvalue weighted by Crippen LogP contribution is 2.26. The van der Waals surface area contributed by atoms with Crippen molar-refractivity contribution in [2.45, 2.75) is 64.1 Å². The Morgan fingerprint density at radius 2 is 1.69 bits per heavy atom. The summed E-state index contributed by atoms with van der Waals surface area (Å²) < 4.78 is 0. The first kappa shape index (κ1) is 25.2. The zero-order valence-electron chi connectivity index (χ0n) is 17.8. The highest BCUT2D eigenvalue weighted by atomic mass is 35.5. The van der Waals surface area contributed by atoms with Crippen LogP contribution >= 0.6 is 46.4 Å². The van der Waals surface area contributed by atoms with Crippen molar-refractivity contribution in [2.75, 3.05) is 0 Å².